The predicted molar refractivity (Wildman–Crippen MR) is 81.3 cm³/mol. The predicted octanol–water partition coefficient (Wildman–Crippen LogP) is 3.30. The molecule has 5 heteroatoms. The quantitative estimate of drug-likeness (QED) is 0.878. The highest BCUT2D eigenvalue weighted by molar-refractivity contribution is 5.88. The van der Waals surface area contributed by atoms with E-state index in [0.717, 1.165) is 36.0 Å². The first kappa shape index (κ1) is 14.1. The molecule has 0 fully saturated rings. The van der Waals surface area contributed by atoms with Crippen molar-refractivity contribution in [1.29, 1.82) is 0 Å². The molecule has 2 aromatic rings. The molecule has 0 aliphatic carbocycles. The Kier molecular flexibility index (Phi) is 4.40. The molecule has 0 saturated heterocycles. The molecule has 0 aliphatic heterocycles. The molecule has 1 heterocycles. The Labute approximate surface area is 119 Å². The number of aromatic nitrogens is 2. The molecular formula is C15H20N4O. The summed E-state index contributed by atoms with van der Waals surface area (Å²) in [4.78, 5) is 15.4. The highest BCUT2D eigenvalue weighted by atomic mass is 16.1. The maximum atomic E-state index is 11.0. The van der Waals surface area contributed by atoms with Crippen LogP contribution in [0, 0.1) is 6.92 Å². The Hall–Kier alpha value is -2.30. The van der Waals surface area contributed by atoms with Crippen LogP contribution in [0.2, 0.25) is 0 Å². The molecule has 1 aromatic carbocycles. The van der Waals surface area contributed by atoms with Gasteiger partial charge in [-0.3, -0.25) is 4.79 Å². The number of nitrogens with zero attached hydrogens (tertiary/aromatic N) is 2. The molecule has 0 radical (unpaired) electrons. The van der Waals surface area contributed by atoms with Crippen molar-refractivity contribution in [1.82, 2.24) is 9.55 Å². The summed E-state index contributed by atoms with van der Waals surface area (Å²) in [7, 11) is 0. The molecule has 1 amide bonds. The highest BCUT2D eigenvalue weighted by Crippen LogP contribution is 2.19. The van der Waals surface area contributed by atoms with Gasteiger partial charge < -0.3 is 15.2 Å². The third-order valence-electron chi connectivity index (χ3n) is 2.82. The van der Waals surface area contributed by atoms with Crippen molar-refractivity contribution in [2.45, 2.75) is 33.7 Å². The van der Waals surface area contributed by atoms with Gasteiger partial charge >= 0.3 is 0 Å². The van der Waals surface area contributed by atoms with E-state index in [1.165, 1.54) is 6.92 Å². The molecule has 20 heavy (non-hydrogen) atoms. The standard InChI is InChI=1S/C15H20N4O/c1-4-9-19-10-11(2)16-15(19)18-14-7-5-13(6-8-14)17-12(3)20/h5-8,10H,4,9H2,1-3H3,(H,16,18)(H,17,20). The zero-order chi connectivity index (χ0) is 14.5. The SMILES string of the molecule is CCCn1cc(C)nc1Nc1ccc(NC(C)=O)cc1. The second-order valence-electron chi connectivity index (χ2n) is 4.78. The van der Waals surface area contributed by atoms with Gasteiger partial charge in [-0.1, -0.05) is 6.92 Å². The molecule has 0 bridgehead atoms. The van der Waals surface area contributed by atoms with Crippen LogP contribution in [-0.2, 0) is 11.3 Å². The van der Waals surface area contributed by atoms with Gasteiger partial charge in [0.15, 0.2) is 0 Å². The Morgan fingerprint density at radius 1 is 1.25 bits per heavy atom. The molecule has 5 nitrogen and oxygen atoms in total. The van der Waals surface area contributed by atoms with Gasteiger partial charge in [-0.15, -0.1) is 0 Å². The zero-order valence-electron chi connectivity index (χ0n) is 12.1. The summed E-state index contributed by atoms with van der Waals surface area (Å²) in [5.41, 5.74) is 2.73. The number of rotatable bonds is 5. The van der Waals surface area contributed by atoms with Crippen LogP contribution in [0.4, 0.5) is 17.3 Å². The van der Waals surface area contributed by atoms with E-state index in [2.05, 4.69) is 27.1 Å². The van der Waals surface area contributed by atoms with Crippen LogP contribution < -0.4 is 10.6 Å². The van der Waals surface area contributed by atoms with Crippen molar-refractivity contribution in [3.8, 4) is 0 Å². The van der Waals surface area contributed by atoms with Crippen LogP contribution in [0.5, 0.6) is 0 Å². The Balaban J connectivity index is 2.11. The fourth-order valence-electron chi connectivity index (χ4n) is 2.03. The average molecular weight is 272 g/mol. The van der Waals surface area contributed by atoms with E-state index < -0.39 is 0 Å². The normalized spacial score (nSPS) is 10.3. The number of amides is 1. The molecular weight excluding hydrogens is 252 g/mol. The van der Waals surface area contributed by atoms with Crippen molar-refractivity contribution in [3.05, 3.63) is 36.2 Å². The summed E-state index contributed by atoms with van der Waals surface area (Å²) in [5.74, 6) is 0.774. The smallest absolute Gasteiger partial charge is 0.221 e. The van der Waals surface area contributed by atoms with E-state index in [4.69, 9.17) is 0 Å². The summed E-state index contributed by atoms with van der Waals surface area (Å²) < 4.78 is 2.11. The van der Waals surface area contributed by atoms with Gasteiger partial charge in [-0.05, 0) is 37.6 Å². The largest absolute Gasteiger partial charge is 0.326 e. The molecule has 106 valence electrons. The maximum absolute atomic E-state index is 11.0. The third-order valence-corrected chi connectivity index (χ3v) is 2.82. The van der Waals surface area contributed by atoms with Crippen molar-refractivity contribution in [2.75, 3.05) is 10.6 Å². The maximum Gasteiger partial charge on any atom is 0.221 e. The van der Waals surface area contributed by atoms with Crippen LogP contribution >= 0.6 is 0 Å². The van der Waals surface area contributed by atoms with Gasteiger partial charge in [0.2, 0.25) is 11.9 Å². The van der Waals surface area contributed by atoms with Gasteiger partial charge in [0.05, 0.1) is 5.69 Å². The minimum absolute atomic E-state index is 0.0696. The molecule has 0 spiro atoms. The number of nitrogens with one attached hydrogen (secondary N) is 2. The Morgan fingerprint density at radius 3 is 2.50 bits per heavy atom. The Morgan fingerprint density at radius 2 is 1.90 bits per heavy atom. The van der Waals surface area contributed by atoms with Crippen molar-refractivity contribution in [3.63, 3.8) is 0 Å². The second kappa shape index (κ2) is 6.23. The number of hydrogen-bond donors (Lipinski definition) is 2. The number of carbonyl (C=O) groups excluding carboxylic acids is 1. The number of benzene rings is 1. The average Bonchev–Trinajstić information content (AvgIpc) is 2.72. The lowest BCUT2D eigenvalue weighted by molar-refractivity contribution is -0.114. The van der Waals surface area contributed by atoms with E-state index in [0.29, 0.717) is 0 Å². The van der Waals surface area contributed by atoms with Crippen molar-refractivity contribution >= 4 is 23.2 Å². The lowest BCUT2D eigenvalue weighted by atomic mass is 10.3. The van der Waals surface area contributed by atoms with E-state index in [1.54, 1.807) is 0 Å². The van der Waals surface area contributed by atoms with Crippen LogP contribution in [-0.4, -0.2) is 15.5 Å². The minimum atomic E-state index is -0.0696. The number of carbonyl (C=O) groups is 1. The van der Waals surface area contributed by atoms with E-state index in [1.807, 2.05) is 37.4 Å². The fraction of sp³-hybridized carbons (Fsp3) is 0.333. The first-order chi connectivity index (χ1) is 9.58. The van der Waals surface area contributed by atoms with Crippen molar-refractivity contribution in [2.24, 2.45) is 0 Å². The summed E-state index contributed by atoms with van der Waals surface area (Å²) in [6, 6.07) is 7.57. The van der Waals surface area contributed by atoms with Gasteiger partial charge in [0.1, 0.15) is 0 Å². The number of anilines is 3. The lowest BCUT2D eigenvalue weighted by Gasteiger charge is -2.09. The zero-order valence-corrected chi connectivity index (χ0v) is 12.1. The molecule has 2 rings (SSSR count). The number of aryl methyl sites for hydroxylation is 2. The Bertz CT molecular complexity index is 586. The summed E-state index contributed by atoms with van der Waals surface area (Å²) >= 11 is 0. The van der Waals surface area contributed by atoms with Crippen LogP contribution in [0.15, 0.2) is 30.5 Å². The monoisotopic (exact) mass is 272 g/mol. The van der Waals surface area contributed by atoms with Crippen LogP contribution in [0.3, 0.4) is 0 Å². The van der Waals surface area contributed by atoms with E-state index >= 15 is 0 Å². The number of hydrogen-bond acceptors (Lipinski definition) is 3. The summed E-state index contributed by atoms with van der Waals surface area (Å²) in [5, 5.41) is 6.04. The molecule has 0 unspecified atom stereocenters. The van der Waals surface area contributed by atoms with E-state index in [9.17, 15) is 4.79 Å². The molecule has 0 saturated carbocycles. The minimum Gasteiger partial charge on any atom is -0.326 e. The van der Waals surface area contributed by atoms with Crippen LogP contribution in [0.25, 0.3) is 0 Å². The molecule has 0 atom stereocenters. The first-order valence-corrected chi connectivity index (χ1v) is 6.77. The second-order valence-corrected chi connectivity index (χ2v) is 4.78. The van der Waals surface area contributed by atoms with Crippen LogP contribution in [0.1, 0.15) is 26.0 Å². The van der Waals surface area contributed by atoms with Gasteiger partial charge in [0, 0.05) is 31.0 Å². The molecule has 0 aliphatic rings. The number of imidazole rings is 1. The summed E-state index contributed by atoms with van der Waals surface area (Å²) in [6.45, 7) is 6.56. The first-order valence-electron chi connectivity index (χ1n) is 6.77. The summed E-state index contributed by atoms with van der Waals surface area (Å²) in [6.07, 6.45) is 3.10. The van der Waals surface area contributed by atoms with E-state index in [-0.39, 0.29) is 5.91 Å². The molecule has 1 aromatic heterocycles. The third kappa shape index (κ3) is 3.60. The lowest BCUT2D eigenvalue weighted by Crippen LogP contribution is -2.06. The van der Waals surface area contributed by atoms with Crippen molar-refractivity contribution < 1.29 is 4.79 Å². The fourth-order valence-corrected chi connectivity index (χ4v) is 2.03. The van der Waals surface area contributed by atoms with Gasteiger partial charge in [-0.25, -0.2) is 4.98 Å². The van der Waals surface area contributed by atoms with Gasteiger partial charge in [0.25, 0.3) is 0 Å². The molecule has 2 N–H and O–H groups in total. The van der Waals surface area contributed by atoms with Gasteiger partial charge in [-0.2, -0.15) is 0 Å². The highest BCUT2D eigenvalue weighted by Gasteiger charge is 2.05. The topological polar surface area (TPSA) is 59.0 Å².